The lowest BCUT2D eigenvalue weighted by atomic mass is 10.4. The molecular formula is C9H17N3OS2. The maximum absolute atomic E-state index is 11.4. The number of rotatable bonds is 6. The average Bonchev–Trinajstić information content (AvgIpc) is 2.54. The molecule has 86 valence electrons. The van der Waals surface area contributed by atoms with Gasteiger partial charge in [0.05, 0.1) is 0 Å². The predicted molar refractivity (Wildman–Crippen MR) is 67.0 cm³/mol. The molecule has 1 heterocycles. The number of thioether (sulfide) groups is 1. The fourth-order valence-electron chi connectivity index (χ4n) is 1.22. The molecule has 0 spiro atoms. The van der Waals surface area contributed by atoms with Crippen LogP contribution < -0.4 is 5.69 Å². The monoisotopic (exact) mass is 247 g/mol. The van der Waals surface area contributed by atoms with Crippen molar-refractivity contribution < 1.29 is 0 Å². The average molecular weight is 247 g/mol. The molecule has 0 aliphatic heterocycles. The topological polar surface area (TPSA) is 50.7 Å². The first-order valence-corrected chi connectivity index (χ1v) is 6.69. The van der Waals surface area contributed by atoms with E-state index >= 15 is 0 Å². The van der Waals surface area contributed by atoms with Crippen LogP contribution in [0.15, 0.2) is 9.95 Å². The normalized spacial score (nSPS) is 11.2. The fourth-order valence-corrected chi connectivity index (χ4v) is 2.52. The summed E-state index contributed by atoms with van der Waals surface area (Å²) in [5.41, 5.74) is -0.123. The number of hydrogen-bond donors (Lipinski definition) is 2. The number of thiol groups is 1. The van der Waals surface area contributed by atoms with Gasteiger partial charge in [-0.05, 0) is 32.4 Å². The van der Waals surface area contributed by atoms with Crippen LogP contribution in [0.25, 0.3) is 0 Å². The van der Waals surface area contributed by atoms with Crippen molar-refractivity contribution in [3.63, 3.8) is 0 Å². The Balaban J connectivity index is 2.57. The lowest BCUT2D eigenvalue weighted by molar-refractivity contribution is 0.534. The number of aromatic nitrogens is 3. The van der Waals surface area contributed by atoms with Gasteiger partial charge in [0.2, 0.25) is 0 Å². The second kappa shape index (κ2) is 6.27. The van der Waals surface area contributed by atoms with Crippen LogP contribution in [-0.4, -0.2) is 26.3 Å². The smallest absolute Gasteiger partial charge is 0.268 e. The minimum Gasteiger partial charge on any atom is -0.268 e. The Hall–Kier alpha value is -0.360. The molecule has 0 fully saturated rings. The molecule has 0 bridgehead atoms. The zero-order chi connectivity index (χ0) is 11.3. The summed E-state index contributed by atoms with van der Waals surface area (Å²) < 4.78 is 1.69. The van der Waals surface area contributed by atoms with Gasteiger partial charge in [-0.25, -0.2) is 9.89 Å². The molecule has 0 aromatic carbocycles. The molecule has 4 nitrogen and oxygen atoms in total. The Bertz CT molecular complexity index is 345. The highest BCUT2D eigenvalue weighted by Gasteiger charge is 2.10. The molecule has 0 amide bonds. The Morgan fingerprint density at radius 1 is 1.53 bits per heavy atom. The third kappa shape index (κ3) is 3.61. The van der Waals surface area contributed by atoms with Crippen molar-refractivity contribution in [3.05, 3.63) is 10.5 Å². The number of aromatic amines is 1. The lowest BCUT2D eigenvalue weighted by Gasteiger charge is -2.07. The molecule has 0 saturated carbocycles. The standard InChI is InChI=1S/C9H17N3OS2/c1-7(2)12-8(13)10-11-9(12)15-6-4-3-5-14/h7,14H,3-6H2,1-2H3,(H,10,13). The maximum Gasteiger partial charge on any atom is 0.344 e. The molecule has 1 N–H and O–H groups in total. The van der Waals surface area contributed by atoms with Crippen LogP contribution in [0, 0.1) is 0 Å². The van der Waals surface area contributed by atoms with Crippen molar-refractivity contribution in [1.29, 1.82) is 0 Å². The Morgan fingerprint density at radius 3 is 2.87 bits per heavy atom. The van der Waals surface area contributed by atoms with Crippen molar-refractivity contribution >= 4 is 24.4 Å². The van der Waals surface area contributed by atoms with Gasteiger partial charge in [-0.1, -0.05) is 11.8 Å². The van der Waals surface area contributed by atoms with Gasteiger partial charge in [-0.2, -0.15) is 12.6 Å². The molecule has 1 rings (SSSR count). The molecule has 0 unspecified atom stereocenters. The van der Waals surface area contributed by atoms with Gasteiger partial charge >= 0.3 is 5.69 Å². The second-order valence-corrected chi connectivity index (χ2v) is 5.06. The van der Waals surface area contributed by atoms with Crippen LogP contribution in [-0.2, 0) is 0 Å². The first kappa shape index (κ1) is 12.7. The number of hydrogen-bond acceptors (Lipinski definition) is 4. The van der Waals surface area contributed by atoms with E-state index in [-0.39, 0.29) is 11.7 Å². The highest BCUT2D eigenvalue weighted by Crippen LogP contribution is 2.18. The van der Waals surface area contributed by atoms with Gasteiger partial charge in [-0.15, -0.1) is 5.10 Å². The predicted octanol–water partition coefficient (Wildman–Crippen LogP) is 1.95. The largest absolute Gasteiger partial charge is 0.344 e. The summed E-state index contributed by atoms with van der Waals surface area (Å²) in [5.74, 6) is 1.90. The second-order valence-electron chi connectivity index (χ2n) is 3.55. The zero-order valence-corrected chi connectivity index (χ0v) is 10.8. The Labute approximate surface area is 99.3 Å². The molecule has 0 atom stereocenters. The van der Waals surface area contributed by atoms with Crippen LogP contribution in [0.4, 0.5) is 0 Å². The van der Waals surface area contributed by atoms with Crippen molar-refractivity contribution in [2.75, 3.05) is 11.5 Å². The SMILES string of the molecule is CC(C)n1c(SCCCCS)n[nH]c1=O. The van der Waals surface area contributed by atoms with Crippen molar-refractivity contribution in [3.8, 4) is 0 Å². The quantitative estimate of drug-likeness (QED) is 0.459. The van der Waals surface area contributed by atoms with Gasteiger partial charge in [0.15, 0.2) is 5.16 Å². The minimum absolute atomic E-state index is 0.123. The number of H-pyrrole nitrogens is 1. The van der Waals surface area contributed by atoms with Crippen molar-refractivity contribution in [1.82, 2.24) is 14.8 Å². The van der Waals surface area contributed by atoms with E-state index in [9.17, 15) is 4.79 Å². The third-order valence-electron chi connectivity index (χ3n) is 1.97. The number of nitrogens with zero attached hydrogens (tertiary/aromatic N) is 2. The molecule has 1 aromatic heterocycles. The maximum atomic E-state index is 11.4. The summed E-state index contributed by atoms with van der Waals surface area (Å²) in [5, 5.41) is 7.27. The van der Waals surface area contributed by atoms with Crippen molar-refractivity contribution in [2.45, 2.75) is 37.9 Å². The van der Waals surface area contributed by atoms with Crippen LogP contribution in [0.1, 0.15) is 32.7 Å². The van der Waals surface area contributed by atoms with Crippen LogP contribution >= 0.6 is 24.4 Å². The molecule has 0 aliphatic rings. The fraction of sp³-hybridized carbons (Fsp3) is 0.778. The summed E-state index contributed by atoms with van der Waals surface area (Å²) in [6.07, 6.45) is 2.21. The molecule has 1 aromatic rings. The molecule has 0 saturated heterocycles. The summed E-state index contributed by atoms with van der Waals surface area (Å²) in [6, 6.07) is 0.156. The highest BCUT2D eigenvalue weighted by molar-refractivity contribution is 7.99. The number of nitrogens with one attached hydrogen (secondary N) is 1. The van der Waals surface area contributed by atoms with E-state index in [1.807, 2.05) is 13.8 Å². The first-order valence-electron chi connectivity index (χ1n) is 5.07. The van der Waals surface area contributed by atoms with Gasteiger partial charge in [-0.3, -0.25) is 4.57 Å². The Morgan fingerprint density at radius 2 is 2.27 bits per heavy atom. The minimum atomic E-state index is -0.123. The van der Waals surface area contributed by atoms with Gasteiger partial charge < -0.3 is 0 Å². The zero-order valence-electron chi connectivity index (χ0n) is 9.06. The summed E-state index contributed by atoms with van der Waals surface area (Å²) >= 11 is 5.77. The van der Waals surface area contributed by atoms with Gasteiger partial charge in [0.1, 0.15) is 0 Å². The lowest BCUT2D eigenvalue weighted by Crippen LogP contribution is -2.19. The van der Waals surface area contributed by atoms with Gasteiger partial charge in [0, 0.05) is 11.8 Å². The van der Waals surface area contributed by atoms with E-state index in [1.54, 1.807) is 16.3 Å². The molecular weight excluding hydrogens is 230 g/mol. The van der Waals surface area contributed by atoms with E-state index < -0.39 is 0 Å². The van der Waals surface area contributed by atoms with E-state index in [4.69, 9.17) is 0 Å². The molecule has 0 aliphatic carbocycles. The molecule has 0 radical (unpaired) electrons. The van der Waals surface area contributed by atoms with E-state index in [0.29, 0.717) is 0 Å². The van der Waals surface area contributed by atoms with Crippen LogP contribution in [0.3, 0.4) is 0 Å². The van der Waals surface area contributed by atoms with E-state index in [0.717, 1.165) is 29.5 Å². The summed E-state index contributed by atoms with van der Waals surface area (Å²) in [7, 11) is 0. The summed E-state index contributed by atoms with van der Waals surface area (Å²) in [4.78, 5) is 11.4. The van der Waals surface area contributed by atoms with Crippen LogP contribution in [0.2, 0.25) is 0 Å². The summed E-state index contributed by atoms with van der Waals surface area (Å²) in [6.45, 7) is 3.96. The third-order valence-corrected chi connectivity index (χ3v) is 3.33. The van der Waals surface area contributed by atoms with Crippen LogP contribution in [0.5, 0.6) is 0 Å². The van der Waals surface area contributed by atoms with E-state index in [1.165, 1.54) is 0 Å². The number of unbranched alkanes of at least 4 members (excludes halogenated alkanes) is 1. The molecule has 6 heteroatoms. The molecule has 15 heavy (non-hydrogen) atoms. The van der Waals surface area contributed by atoms with Crippen molar-refractivity contribution in [2.24, 2.45) is 0 Å². The Kier molecular flexibility index (Phi) is 5.31. The van der Waals surface area contributed by atoms with Gasteiger partial charge in [0.25, 0.3) is 0 Å². The van der Waals surface area contributed by atoms with E-state index in [2.05, 4.69) is 22.8 Å². The highest BCUT2D eigenvalue weighted by atomic mass is 32.2. The first-order chi connectivity index (χ1) is 7.16.